The van der Waals surface area contributed by atoms with Crippen LogP contribution in [-0.4, -0.2) is 11.4 Å². The summed E-state index contributed by atoms with van der Waals surface area (Å²) >= 11 is 0. The van der Waals surface area contributed by atoms with Gasteiger partial charge < -0.3 is 4.90 Å². The molecule has 1 unspecified atom stereocenters. The molecule has 1 aliphatic heterocycles. The molecule has 0 N–H and O–H groups in total. The van der Waals surface area contributed by atoms with Crippen LogP contribution in [0.1, 0.15) is 30.0 Å². The fraction of sp³-hybridized carbons (Fsp3) is 0.200. The SMILES string of the molecule is C=CCN1/C(=C\c2ccccc2)CCC1c1ccccc1. The lowest BCUT2D eigenvalue weighted by atomic mass is 10.0. The molecule has 0 spiro atoms. The molecule has 0 saturated carbocycles. The first-order valence-electron chi connectivity index (χ1n) is 7.56. The first-order valence-corrected chi connectivity index (χ1v) is 7.56. The van der Waals surface area contributed by atoms with E-state index in [2.05, 4.69) is 78.2 Å². The van der Waals surface area contributed by atoms with Gasteiger partial charge in [-0.2, -0.15) is 0 Å². The van der Waals surface area contributed by atoms with Crippen LogP contribution in [0.4, 0.5) is 0 Å². The van der Waals surface area contributed by atoms with Crippen molar-refractivity contribution in [3.8, 4) is 0 Å². The molecule has 0 bridgehead atoms. The summed E-state index contributed by atoms with van der Waals surface area (Å²) in [5.74, 6) is 0. The van der Waals surface area contributed by atoms with Crippen molar-refractivity contribution in [1.82, 2.24) is 4.90 Å². The molecular formula is C20H21N. The van der Waals surface area contributed by atoms with Crippen molar-refractivity contribution in [3.63, 3.8) is 0 Å². The second kappa shape index (κ2) is 6.45. The van der Waals surface area contributed by atoms with Crippen LogP contribution in [0.3, 0.4) is 0 Å². The molecule has 2 aromatic carbocycles. The summed E-state index contributed by atoms with van der Waals surface area (Å²) in [6.07, 6.45) is 6.62. The first-order chi connectivity index (χ1) is 10.4. The highest BCUT2D eigenvalue weighted by atomic mass is 15.2. The molecule has 0 amide bonds. The fourth-order valence-electron chi connectivity index (χ4n) is 3.09. The zero-order valence-corrected chi connectivity index (χ0v) is 12.3. The molecule has 0 radical (unpaired) electrons. The predicted octanol–water partition coefficient (Wildman–Crippen LogP) is 5.05. The Morgan fingerprint density at radius 3 is 2.33 bits per heavy atom. The van der Waals surface area contributed by atoms with Gasteiger partial charge in [-0.15, -0.1) is 6.58 Å². The summed E-state index contributed by atoms with van der Waals surface area (Å²) in [5, 5.41) is 0. The highest BCUT2D eigenvalue weighted by molar-refractivity contribution is 5.53. The van der Waals surface area contributed by atoms with Crippen LogP contribution in [0.25, 0.3) is 6.08 Å². The lowest BCUT2D eigenvalue weighted by Gasteiger charge is -2.27. The summed E-state index contributed by atoms with van der Waals surface area (Å²) in [6, 6.07) is 21.8. The molecule has 1 fully saturated rings. The normalized spacial score (nSPS) is 19.9. The van der Waals surface area contributed by atoms with Crippen molar-refractivity contribution in [2.24, 2.45) is 0 Å². The third kappa shape index (κ3) is 3.08. The number of nitrogens with zero attached hydrogens (tertiary/aromatic N) is 1. The van der Waals surface area contributed by atoms with Crippen molar-refractivity contribution in [2.45, 2.75) is 18.9 Å². The topological polar surface area (TPSA) is 3.24 Å². The maximum atomic E-state index is 3.92. The average molecular weight is 275 g/mol. The van der Waals surface area contributed by atoms with Crippen LogP contribution in [0, 0.1) is 0 Å². The molecule has 2 aromatic rings. The molecule has 1 saturated heterocycles. The van der Waals surface area contributed by atoms with Gasteiger partial charge in [0.25, 0.3) is 0 Å². The standard InChI is InChI=1S/C20H21N/c1-2-15-21-19(16-17-9-5-3-6-10-17)13-14-20(21)18-11-7-4-8-12-18/h2-12,16,20H,1,13-15H2/b19-16-. The monoisotopic (exact) mass is 275 g/mol. The fourth-order valence-corrected chi connectivity index (χ4v) is 3.09. The lowest BCUT2D eigenvalue weighted by Crippen LogP contribution is -2.21. The van der Waals surface area contributed by atoms with Crippen molar-refractivity contribution >= 4 is 6.08 Å². The van der Waals surface area contributed by atoms with E-state index in [1.54, 1.807) is 0 Å². The van der Waals surface area contributed by atoms with Gasteiger partial charge in [-0.3, -0.25) is 0 Å². The Hall–Kier alpha value is -2.28. The van der Waals surface area contributed by atoms with Crippen molar-refractivity contribution < 1.29 is 0 Å². The summed E-state index contributed by atoms with van der Waals surface area (Å²) < 4.78 is 0. The highest BCUT2D eigenvalue weighted by Crippen LogP contribution is 2.38. The molecule has 106 valence electrons. The van der Waals surface area contributed by atoms with Crippen LogP contribution < -0.4 is 0 Å². The molecule has 0 aromatic heterocycles. The Kier molecular flexibility index (Phi) is 4.20. The molecule has 21 heavy (non-hydrogen) atoms. The van der Waals surface area contributed by atoms with Gasteiger partial charge in [-0.05, 0) is 30.0 Å². The number of benzene rings is 2. The van der Waals surface area contributed by atoms with Gasteiger partial charge in [0.1, 0.15) is 0 Å². The van der Waals surface area contributed by atoms with E-state index in [-0.39, 0.29) is 0 Å². The van der Waals surface area contributed by atoms with E-state index >= 15 is 0 Å². The largest absolute Gasteiger partial charge is 0.364 e. The maximum Gasteiger partial charge on any atom is 0.0546 e. The average Bonchev–Trinajstić information content (AvgIpc) is 2.92. The zero-order chi connectivity index (χ0) is 14.5. The van der Waals surface area contributed by atoms with Gasteiger partial charge in [-0.25, -0.2) is 0 Å². The van der Waals surface area contributed by atoms with Crippen LogP contribution in [-0.2, 0) is 0 Å². The summed E-state index contributed by atoms with van der Waals surface area (Å²) in [6.45, 7) is 4.83. The van der Waals surface area contributed by atoms with Gasteiger partial charge in [0.2, 0.25) is 0 Å². The van der Waals surface area contributed by atoms with E-state index in [1.165, 1.54) is 23.2 Å². The highest BCUT2D eigenvalue weighted by Gasteiger charge is 2.27. The number of hydrogen-bond acceptors (Lipinski definition) is 1. The van der Waals surface area contributed by atoms with Gasteiger partial charge in [-0.1, -0.05) is 66.7 Å². The summed E-state index contributed by atoms with van der Waals surface area (Å²) in [5.41, 5.74) is 4.08. The van der Waals surface area contributed by atoms with Crippen molar-refractivity contribution in [2.75, 3.05) is 6.54 Å². The number of hydrogen-bond donors (Lipinski definition) is 0. The second-order valence-electron chi connectivity index (χ2n) is 5.45. The first kappa shape index (κ1) is 13.7. The summed E-state index contributed by atoms with van der Waals surface area (Å²) in [7, 11) is 0. The van der Waals surface area contributed by atoms with Crippen LogP contribution in [0.2, 0.25) is 0 Å². The van der Waals surface area contributed by atoms with E-state index < -0.39 is 0 Å². The van der Waals surface area contributed by atoms with Crippen LogP contribution in [0.5, 0.6) is 0 Å². The Morgan fingerprint density at radius 1 is 1.00 bits per heavy atom. The van der Waals surface area contributed by atoms with E-state index in [0.29, 0.717) is 6.04 Å². The Bertz CT molecular complexity index is 613. The number of rotatable bonds is 4. The number of likely N-dealkylation sites (tertiary alicyclic amines) is 1. The predicted molar refractivity (Wildman–Crippen MR) is 89.7 cm³/mol. The van der Waals surface area contributed by atoms with Gasteiger partial charge in [0.15, 0.2) is 0 Å². The number of allylic oxidation sites excluding steroid dienone is 1. The van der Waals surface area contributed by atoms with Gasteiger partial charge in [0, 0.05) is 12.2 Å². The molecule has 1 nitrogen and oxygen atoms in total. The van der Waals surface area contributed by atoms with E-state index in [1.807, 2.05) is 6.08 Å². The Morgan fingerprint density at radius 2 is 1.67 bits per heavy atom. The quantitative estimate of drug-likeness (QED) is 0.706. The van der Waals surface area contributed by atoms with Crippen LogP contribution >= 0.6 is 0 Å². The van der Waals surface area contributed by atoms with Crippen molar-refractivity contribution in [3.05, 3.63) is 90.1 Å². The molecule has 1 heteroatoms. The van der Waals surface area contributed by atoms with Crippen molar-refractivity contribution in [1.29, 1.82) is 0 Å². The minimum atomic E-state index is 0.471. The molecular weight excluding hydrogens is 254 g/mol. The van der Waals surface area contributed by atoms with E-state index in [9.17, 15) is 0 Å². The second-order valence-corrected chi connectivity index (χ2v) is 5.45. The Labute approximate surface area is 127 Å². The van der Waals surface area contributed by atoms with Gasteiger partial charge >= 0.3 is 0 Å². The lowest BCUT2D eigenvalue weighted by molar-refractivity contribution is 0.330. The van der Waals surface area contributed by atoms with E-state index in [0.717, 1.165) is 13.0 Å². The zero-order valence-electron chi connectivity index (χ0n) is 12.3. The van der Waals surface area contributed by atoms with Gasteiger partial charge in [0.05, 0.1) is 6.04 Å². The van der Waals surface area contributed by atoms with Crippen LogP contribution in [0.15, 0.2) is 79.0 Å². The smallest absolute Gasteiger partial charge is 0.0546 e. The maximum absolute atomic E-state index is 3.92. The minimum Gasteiger partial charge on any atom is -0.364 e. The molecule has 1 atom stereocenters. The summed E-state index contributed by atoms with van der Waals surface area (Å²) in [4.78, 5) is 2.48. The van der Waals surface area contributed by atoms with E-state index in [4.69, 9.17) is 0 Å². The molecule has 0 aliphatic carbocycles. The third-order valence-electron chi connectivity index (χ3n) is 4.06. The Balaban J connectivity index is 1.89. The third-order valence-corrected chi connectivity index (χ3v) is 4.06. The molecule has 3 rings (SSSR count). The molecule has 1 aliphatic rings. The molecule has 1 heterocycles. The minimum absolute atomic E-state index is 0.471.